The number of aromatic nitrogens is 4. The van der Waals surface area contributed by atoms with Crippen LogP contribution in [0.25, 0.3) is 0 Å². The summed E-state index contributed by atoms with van der Waals surface area (Å²) < 4.78 is 5.41. The maximum Gasteiger partial charge on any atom is 0.151 e. The zero-order valence-corrected chi connectivity index (χ0v) is 16.3. The predicted molar refractivity (Wildman–Crippen MR) is 108 cm³/mol. The van der Waals surface area contributed by atoms with Crippen LogP contribution in [0.2, 0.25) is 0 Å². The van der Waals surface area contributed by atoms with Gasteiger partial charge in [-0.05, 0) is 37.8 Å². The minimum atomic E-state index is 0.762. The number of aryl methyl sites for hydroxylation is 1. The van der Waals surface area contributed by atoms with Crippen molar-refractivity contribution in [3.63, 3.8) is 0 Å². The van der Waals surface area contributed by atoms with Gasteiger partial charge in [-0.1, -0.05) is 0 Å². The third-order valence-corrected chi connectivity index (χ3v) is 5.98. The summed E-state index contributed by atoms with van der Waals surface area (Å²) >= 11 is 0. The molecule has 0 spiro atoms. The van der Waals surface area contributed by atoms with Crippen LogP contribution in [0.15, 0.2) is 18.5 Å². The van der Waals surface area contributed by atoms with E-state index in [0.29, 0.717) is 0 Å². The number of hydrogen-bond acceptors (Lipinski definition) is 8. The van der Waals surface area contributed by atoms with Crippen LogP contribution in [0.3, 0.4) is 0 Å². The topological polar surface area (TPSA) is 70.5 Å². The molecule has 2 fully saturated rings. The summed E-state index contributed by atoms with van der Waals surface area (Å²) in [6.45, 7) is 7.07. The number of morpholine rings is 1. The van der Waals surface area contributed by atoms with E-state index in [2.05, 4.69) is 47.0 Å². The normalized spacial score (nSPS) is 20.2. The molecule has 0 radical (unpaired) electrons. The first-order valence-electron chi connectivity index (χ1n) is 10.4. The van der Waals surface area contributed by atoms with Crippen molar-refractivity contribution in [1.82, 2.24) is 20.2 Å². The van der Waals surface area contributed by atoms with Crippen molar-refractivity contribution in [2.24, 2.45) is 0 Å². The highest BCUT2D eigenvalue weighted by Crippen LogP contribution is 2.28. The largest absolute Gasteiger partial charge is 0.378 e. The molecule has 1 aliphatic carbocycles. The van der Waals surface area contributed by atoms with Gasteiger partial charge in [0.15, 0.2) is 11.6 Å². The summed E-state index contributed by atoms with van der Waals surface area (Å²) in [5.74, 6) is 3.05. The van der Waals surface area contributed by atoms with E-state index in [1.807, 2.05) is 0 Å². The van der Waals surface area contributed by atoms with Crippen molar-refractivity contribution in [3.8, 4) is 0 Å². The number of anilines is 3. The van der Waals surface area contributed by atoms with Crippen LogP contribution in [0.4, 0.5) is 17.5 Å². The first-order valence-corrected chi connectivity index (χ1v) is 10.4. The molecule has 0 atom stereocenters. The van der Waals surface area contributed by atoms with Crippen molar-refractivity contribution in [2.45, 2.75) is 25.7 Å². The molecule has 148 valence electrons. The van der Waals surface area contributed by atoms with E-state index in [9.17, 15) is 0 Å². The number of hydrogen-bond donors (Lipinski definition) is 0. The minimum absolute atomic E-state index is 0.762. The van der Waals surface area contributed by atoms with Crippen LogP contribution in [0.5, 0.6) is 0 Å². The van der Waals surface area contributed by atoms with Crippen LogP contribution in [0.1, 0.15) is 24.1 Å². The summed E-state index contributed by atoms with van der Waals surface area (Å²) in [4.78, 5) is 16.1. The Kier molecular flexibility index (Phi) is 4.95. The van der Waals surface area contributed by atoms with Gasteiger partial charge in [0, 0.05) is 50.5 Å². The molecule has 0 aromatic carbocycles. The highest BCUT2D eigenvalue weighted by molar-refractivity contribution is 5.52. The molecule has 2 aromatic heterocycles. The SMILES string of the molecule is c1nc2c(c(N3CCN(c4ccc(N5CCOCC5)nn4)CC3)n1)CCCC2. The highest BCUT2D eigenvalue weighted by atomic mass is 16.5. The maximum atomic E-state index is 5.41. The number of nitrogens with zero attached hydrogens (tertiary/aromatic N) is 7. The van der Waals surface area contributed by atoms with Crippen LogP contribution >= 0.6 is 0 Å². The van der Waals surface area contributed by atoms with E-state index in [-0.39, 0.29) is 0 Å². The second-order valence-corrected chi connectivity index (χ2v) is 7.65. The Balaban J connectivity index is 1.24. The number of ether oxygens (including phenoxy) is 1. The van der Waals surface area contributed by atoms with Gasteiger partial charge >= 0.3 is 0 Å². The molecule has 0 N–H and O–H groups in total. The van der Waals surface area contributed by atoms with Gasteiger partial charge in [0.1, 0.15) is 12.1 Å². The zero-order chi connectivity index (χ0) is 18.8. The average Bonchev–Trinajstić information content (AvgIpc) is 2.80. The second-order valence-electron chi connectivity index (χ2n) is 7.65. The van der Waals surface area contributed by atoms with Crippen LogP contribution in [-0.4, -0.2) is 72.6 Å². The fourth-order valence-corrected chi connectivity index (χ4v) is 4.37. The van der Waals surface area contributed by atoms with Crippen molar-refractivity contribution in [1.29, 1.82) is 0 Å². The van der Waals surface area contributed by atoms with E-state index < -0.39 is 0 Å². The zero-order valence-electron chi connectivity index (χ0n) is 16.3. The smallest absolute Gasteiger partial charge is 0.151 e. The monoisotopic (exact) mass is 381 g/mol. The molecule has 2 aliphatic heterocycles. The van der Waals surface area contributed by atoms with E-state index in [0.717, 1.165) is 82.8 Å². The molecule has 3 aliphatic rings. The average molecular weight is 381 g/mol. The summed E-state index contributed by atoms with van der Waals surface area (Å²) in [5, 5.41) is 8.95. The maximum absolute atomic E-state index is 5.41. The lowest BCUT2D eigenvalue weighted by Gasteiger charge is -2.37. The summed E-state index contributed by atoms with van der Waals surface area (Å²) in [6, 6.07) is 4.18. The Hall–Kier alpha value is -2.48. The predicted octanol–water partition coefficient (Wildman–Crippen LogP) is 1.31. The molecule has 4 heterocycles. The van der Waals surface area contributed by atoms with E-state index in [1.165, 1.54) is 24.1 Å². The van der Waals surface area contributed by atoms with Crippen molar-refractivity contribution >= 4 is 17.5 Å². The fraction of sp³-hybridized carbons (Fsp3) is 0.600. The van der Waals surface area contributed by atoms with Gasteiger partial charge in [-0.3, -0.25) is 0 Å². The van der Waals surface area contributed by atoms with Crippen molar-refractivity contribution in [2.75, 3.05) is 67.2 Å². The van der Waals surface area contributed by atoms with Gasteiger partial charge in [0.25, 0.3) is 0 Å². The van der Waals surface area contributed by atoms with Crippen molar-refractivity contribution in [3.05, 3.63) is 29.7 Å². The second kappa shape index (κ2) is 7.87. The molecule has 5 rings (SSSR count). The molecular weight excluding hydrogens is 354 g/mol. The lowest BCUT2D eigenvalue weighted by atomic mass is 9.96. The first-order chi connectivity index (χ1) is 13.9. The first kappa shape index (κ1) is 17.6. The Morgan fingerprint density at radius 2 is 1.36 bits per heavy atom. The van der Waals surface area contributed by atoms with E-state index in [1.54, 1.807) is 6.33 Å². The summed E-state index contributed by atoms with van der Waals surface area (Å²) in [5.41, 5.74) is 2.63. The third kappa shape index (κ3) is 3.48. The molecule has 2 saturated heterocycles. The van der Waals surface area contributed by atoms with Gasteiger partial charge in [-0.25, -0.2) is 9.97 Å². The molecule has 0 unspecified atom stereocenters. The Morgan fingerprint density at radius 3 is 2.07 bits per heavy atom. The fourth-order valence-electron chi connectivity index (χ4n) is 4.37. The molecule has 2 aromatic rings. The van der Waals surface area contributed by atoms with E-state index in [4.69, 9.17) is 4.74 Å². The van der Waals surface area contributed by atoms with Crippen LogP contribution in [-0.2, 0) is 17.6 Å². The molecule has 8 heteroatoms. The standard InChI is InChI=1S/C20H27N7O/c1-2-4-17-16(3-1)20(22-15-21-17)27-9-7-25(8-10-27)18-5-6-19(24-23-18)26-11-13-28-14-12-26/h5-6,15H,1-4,7-14H2. The Morgan fingerprint density at radius 1 is 0.714 bits per heavy atom. The van der Waals surface area contributed by atoms with Gasteiger partial charge in [0.05, 0.1) is 13.2 Å². The van der Waals surface area contributed by atoms with E-state index >= 15 is 0 Å². The highest BCUT2D eigenvalue weighted by Gasteiger charge is 2.24. The van der Waals surface area contributed by atoms with Gasteiger partial charge in [-0.2, -0.15) is 0 Å². The molecule has 0 saturated carbocycles. The molecular formula is C20H27N7O. The Bertz CT molecular complexity index is 799. The Labute approximate surface area is 165 Å². The summed E-state index contributed by atoms with van der Waals surface area (Å²) in [6.07, 6.45) is 6.44. The summed E-state index contributed by atoms with van der Waals surface area (Å²) in [7, 11) is 0. The number of rotatable bonds is 3. The quantitative estimate of drug-likeness (QED) is 0.788. The van der Waals surface area contributed by atoms with Gasteiger partial charge in [-0.15, -0.1) is 10.2 Å². The lowest BCUT2D eigenvalue weighted by Crippen LogP contribution is -2.47. The third-order valence-electron chi connectivity index (χ3n) is 5.98. The molecule has 8 nitrogen and oxygen atoms in total. The number of piperazine rings is 1. The molecule has 0 bridgehead atoms. The van der Waals surface area contributed by atoms with Crippen molar-refractivity contribution < 1.29 is 4.74 Å². The van der Waals surface area contributed by atoms with Crippen LogP contribution in [0, 0.1) is 0 Å². The minimum Gasteiger partial charge on any atom is -0.378 e. The van der Waals surface area contributed by atoms with Gasteiger partial charge in [0.2, 0.25) is 0 Å². The van der Waals surface area contributed by atoms with Gasteiger partial charge < -0.3 is 19.4 Å². The molecule has 0 amide bonds. The molecule has 28 heavy (non-hydrogen) atoms. The lowest BCUT2D eigenvalue weighted by molar-refractivity contribution is 0.122. The van der Waals surface area contributed by atoms with Crippen LogP contribution < -0.4 is 14.7 Å². The number of fused-ring (bicyclic) bond motifs is 1.